The molecule has 1 atom stereocenters. The first-order chi connectivity index (χ1) is 16.7. The summed E-state index contributed by atoms with van der Waals surface area (Å²) >= 11 is 0. The van der Waals surface area contributed by atoms with E-state index in [0.717, 1.165) is 17.2 Å². The summed E-state index contributed by atoms with van der Waals surface area (Å²) in [5.41, 5.74) is 5.06. The van der Waals surface area contributed by atoms with Crippen molar-refractivity contribution in [3.63, 3.8) is 0 Å². The normalized spacial score (nSPS) is 19.8. The lowest BCUT2D eigenvalue weighted by atomic mass is 9.59. The van der Waals surface area contributed by atoms with Crippen molar-refractivity contribution in [2.75, 3.05) is 6.61 Å². The van der Waals surface area contributed by atoms with Gasteiger partial charge in [0, 0.05) is 17.2 Å². The Morgan fingerprint density at radius 2 is 1.35 bits per heavy atom. The second kappa shape index (κ2) is 8.45. The zero-order valence-corrected chi connectivity index (χ0v) is 18.6. The van der Waals surface area contributed by atoms with Crippen molar-refractivity contribution < 1.29 is 19.1 Å². The van der Waals surface area contributed by atoms with E-state index in [2.05, 4.69) is 36.4 Å². The Morgan fingerprint density at radius 1 is 0.735 bits per heavy atom. The highest BCUT2D eigenvalue weighted by Gasteiger charge is 2.46. The molecule has 4 aromatic rings. The van der Waals surface area contributed by atoms with Crippen LogP contribution in [0.5, 0.6) is 5.75 Å². The van der Waals surface area contributed by atoms with Crippen LogP contribution in [0.1, 0.15) is 46.9 Å². The van der Waals surface area contributed by atoms with Crippen LogP contribution in [0.15, 0.2) is 91.0 Å². The standard InChI is InChI=1S/C30H24O4/c31-28(34-27-15-7-9-19-8-1-2-10-20(19)27)16-17-33-30(32)26-18-25-21-11-3-5-13-23(21)29(26)24-14-6-4-12-22(24)25/h1-15,25-26,29H,16-18H2. The first-order valence-corrected chi connectivity index (χ1v) is 11.7. The molecule has 4 nitrogen and oxygen atoms in total. The van der Waals surface area contributed by atoms with Crippen LogP contribution in [0.4, 0.5) is 0 Å². The van der Waals surface area contributed by atoms with E-state index in [0.29, 0.717) is 5.75 Å². The van der Waals surface area contributed by atoms with Crippen LogP contribution in [0.2, 0.25) is 0 Å². The molecule has 0 aliphatic heterocycles. The number of carbonyl (C=O) groups excluding carboxylic acids is 2. The highest BCUT2D eigenvalue weighted by atomic mass is 16.5. The molecular weight excluding hydrogens is 424 g/mol. The molecule has 1 unspecified atom stereocenters. The van der Waals surface area contributed by atoms with Crippen LogP contribution in [0.25, 0.3) is 10.8 Å². The Hall–Kier alpha value is -3.92. The molecule has 4 heteroatoms. The number of benzene rings is 4. The molecule has 4 aromatic carbocycles. The lowest BCUT2D eigenvalue weighted by Crippen LogP contribution is -2.37. The summed E-state index contributed by atoms with van der Waals surface area (Å²) in [6.45, 7) is 0.0135. The highest BCUT2D eigenvalue weighted by molar-refractivity contribution is 5.90. The van der Waals surface area contributed by atoms with Crippen LogP contribution >= 0.6 is 0 Å². The Balaban J connectivity index is 1.13. The largest absolute Gasteiger partial charge is 0.465 e. The highest BCUT2D eigenvalue weighted by Crippen LogP contribution is 2.55. The minimum Gasteiger partial charge on any atom is -0.465 e. The van der Waals surface area contributed by atoms with E-state index in [1.54, 1.807) is 6.07 Å². The van der Waals surface area contributed by atoms with Crippen molar-refractivity contribution in [2.24, 2.45) is 5.92 Å². The lowest BCUT2D eigenvalue weighted by molar-refractivity contribution is -0.151. The Kier molecular flexibility index (Phi) is 5.14. The number of ether oxygens (including phenoxy) is 2. The minimum atomic E-state index is -0.412. The third-order valence-corrected chi connectivity index (χ3v) is 7.13. The Labute approximate surface area is 198 Å². The average molecular weight is 449 g/mol. The number of esters is 2. The molecule has 0 fully saturated rings. The van der Waals surface area contributed by atoms with Gasteiger partial charge < -0.3 is 9.47 Å². The smallest absolute Gasteiger partial charge is 0.314 e. The van der Waals surface area contributed by atoms with Crippen LogP contribution in [-0.4, -0.2) is 18.5 Å². The molecule has 0 saturated carbocycles. The van der Waals surface area contributed by atoms with E-state index in [9.17, 15) is 9.59 Å². The second-order valence-electron chi connectivity index (χ2n) is 9.00. The summed E-state index contributed by atoms with van der Waals surface area (Å²) in [6.07, 6.45) is 0.751. The van der Waals surface area contributed by atoms with Gasteiger partial charge in [0.2, 0.25) is 0 Å². The molecule has 0 radical (unpaired) electrons. The average Bonchev–Trinajstić information content (AvgIpc) is 2.89. The summed E-state index contributed by atoms with van der Waals surface area (Å²) < 4.78 is 11.2. The molecular formula is C30H24O4. The third kappa shape index (κ3) is 3.47. The molecule has 0 amide bonds. The topological polar surface area (TPSA) is 52.6 Å². The summed E-state index contributed by atoms with van der Waals surface area (Å²) in [4.78, 5) is 25.6. The van der Waals surface area contributed by atoms with E-state index in [1.807, 2.05) is 48.5 Å². The van der Waals surface area contributed by atoms with Crippen molar-refractivity contribution in [1.82, 2.24) is 0 Å². The fourth-order valence-electron chi connectivity index (χ4n) is 5.67. The molecule has 3 aliphatic rings. The number of fused-ring (bicyclic) bond motifs is 2. The molecule has 0 aromatic heterocycles. The summed E-state index contributed by atoms with van der Waals surface area (Å²) in [7, 11) is 0. The first-order valence-electron chi connectivity index (χ1n) is 11.7. The van der Waals surface area contributed by atoms with Gasteiger partial charge in [-0.2, -0.15) is 0 Å². The third-order valence-electron chi connectivity index (χ3n) is 7.13. The molecule has 0 N–H and O–H groups in total. The summed E-state index contributed by atoms with van der Waals surface area (Å²) in [6, 6.07) is 30.2. The molecule has 0 saturated heterocycles. The fraction of sp³-hybridized carbons (Fsp3) is 0.200. The van der Waals surface area contributed by atoms with Gasteiger partial charge in [-0.1, -0.05) is 84.9 Å². The molecule has 0 spiro atoms. The number of rotatable bonds is 5. The van der Waals surface area contributed by atoms with E-state index in [1.165, 1.54) is 22.3 Å². The van der Waals surface area contributed by atoms with Crippen LogP contribution in [0.3, 0.4) is 0 Å². The van der Waals surface area contributed by atoms with Gasteiger partial charge in [0.25, 0.3) is 0 Å². The minimum absolute atomic E-state index is 0.00691. The van der Waals surface area contributed by atoms with E-state index >= 15 is 0 Å². The maximum atomic E-state index is 13.1. The van der Waals surface area contributed by atoms with Crippen LogP contribution < -0.4 is 4.74 Å². The predicted octanol–water partition coefficient (Wildman–Crippen LogP) is 5.98. The van der Waals surface area contributed by atoms with Gasteiger partial charge in [0.05, 0.1) is 12.3 Å². The Morgan fingerprint density at radius 3 is 2.09 bits per heavy atom. The summed E-state index contributed by atoms with van der Waals surface area (Å²) in [5.74, 6) is -0.183. The molecule has 168 valence electrons. The summed E-state index contributed by atoms with van der Waals surface area (Å²) in [5, 5.41) is 1.89. The van der Waals surface area contributed by atoms with Gasteiger partial charge in [-0.05, 0) is 40.1 Å². The van der Waals surface area contributed by atoms with Gasteiger partial charge in [-0.25, -0.2) is 0 Å². The Bertz CT molecular complexity index is 1350. The first kappa shape index (κ1) is 20.7. The van der Waals surface area contributed by atoms with Gasteiger partial charge in [-0.15, -0.1) is 0 Å². The van der Waals surface area contributed by atoms with Gasteiger partial charge in [-0.3, -0.25) is 9.59 Å². The van der Waals surface area contributed by atoms with E-state index in [4.69, 9.17) is 9.47 Å². The van der Waals surface area contributed by atoms with Crippen molar-refractivity contribution in [3.05, 3.63) is 113 Å². The zero-order valence-electron chi connectivity index (χ0n) is 18.6. The zero-order chi connectivity index (χ0) is 23.1. The quantitative estimate of drug-likeness (QED) is 0.279. The van der Waals surface area contributed by atoms with Crippen molar-refractivity contribution in [1.29, 1.82) is 0 Å². The predicted molar refractivity (Wildman–Crippen MR) is 130 cm³/mol. The van der Waals surface area contributed by atoms with Gasteiger partial charge in [0.1, 0.15) is 12.4 Å². The van der Waals surface area contributed by atoms with Gasteiger partial charge in [0.15, 0.2) is 0 Å². The van der Waals surface area contributed by atoms with E-state index in [-0.39, 0.29) is 36.8 Å². The maximum Gasteiger partial charge on any atom is 0.314 e. The van der Waals surface area contributed by atoms with E-state index < -0.39 is 5.97 Å². The number of carbonyl (C=O) groups is 2. The molecule has 3 aliphatic carbocycles. The molecule has 2 bridgehead atoms. The maximum absolute atomic E-state index is 13.1. The van der Waals surface area contributed by atoms with Crippen molar-refractivity contribution in [3.8, 4) is 5.75 Å². The monoisotopic (exact) mass is 448 g/mol. The van der Waals surface area contributed by atoms with Crippen LogP contribution in [-0.2, 0) is 14.3 Å². The molecule has 7 rings (SSSR count). The van der Waals surface area contributed by atoms with Gasteiger partial charge >= 0.3 is 11.9 Å². The molecule has 0 heterocycles. The van der Waals surface area contributed by atoms with Crippen molar-refractivity contribution >= 4 is 22.7 Å². The number of hydrogen-bond donors (Lipinski definition) is 0. The SMILES string of the molecule is O=C(CCOC(=O)C1CC2c3ccccc3C1c1ccccc12)Oc1cccc2ccccc12. The number of hydrogen-bond acceptors (Lipinski definition) is 4. The van der Waals surface area contributed by atoms with Crippen LogP contribution in [0, 0.1) is 5.92 Å². The lowest BCUT2D eigenvalue weighted by Gasteiger charge is -2.44. The van der Waals surface area contributed by atoms with Crippen molar-refractivity contribution in [2.45, 2.75) is 24.7 Å². The fourth-order valence-corrected chi connectivity index (χ4v) is 5.67. The molecule has 34 heavy (non-hydrogen) atoms. The second-order valence-corrected chi connectivity index (χ2v) is 9.00.